The van der Waals surface area contributed by atoms with E-state index in [0.29, 0.717) is 6.54 Å². The van der Waals surface area contributed by atoms with Gasteiger partial charge in [-0.2, -0.15) is 0 Å². The molecule has 1 fully saturated rings. The highest BCUT2D eigenvalue weighted by Gasteiger charge is 2.34. The second-order valence-electron chi connectivity index (χ2n) is 3.65. The predicted molar refractivity (Wildman–Crippen MR) is 50.4 cm³/mol. The Morgan fingerprint density at radius 3 is 3.08 bits per heavy atom. The van der Waals surface area contributed by atoms with Gasteiger partial charge in [-0.3, -0.25) is 4.98 Å². The highest BCUT2D eigenvalue weighted by atomic mass is 16.3. The van der Waals surface area contributed by atoms with Gasteiger partial charge in [-0.15, -0.1) is 0 Å². The van der Waals surface area contributed by atoms with Crippen LogP contribution in [-0.2, 0) is 5.60 Å². The van der Waals surface area contributed by atoms with Gasteiger partial charge in [0.15, 0.2) is 0 Å². The Balaban J connectivity index is 2.39. The number of aromatic nitrogens is 1. The highest BCUT2D eigenvalue weighted by molar-refractivity contribution is 5.29. The van der Waals surface area contributed by atoms with Crippen molar-refractivity contribution < 1.29 is 5.11 Å². The Hall–Kier alpha value is -0.930. The van der Waals surface area contributed by atoms with Crippen molar-refractivity contribution in [1.82, 2.24) is 10.3 Å². The minimum atomic E-state index is -0.696. The van der Waals surface area contributed by atoms with Gasteiger partial charge in [0.2, 0.25) is 0 Å². The summed E-state index contributed by atoms with van der Waals surface area (Å²) in [6.07, 6.45) is 4.30. The minimum Gasteiger partial charge on any atom is -0.384 e. The fourth-order valence-corrected chi connectivity index (χ4v) is 1.86. The van der Waals surface area contributed by atoms with E-state index in [4.69, 9.17) is 0 Å². The summed E-state index contributed by atoms with van der Waals surface area (Å²) >= 11 is 0. The number of rotatable bonds is 1. The van der Waals surface area contributed by atoms with Gasteiger partial charge in [0.25, 0.3) is 0 Å². The third-order valence-corrected chi connectivity index (χ3v) is 2.67. The molecule has 0 radical (unpaired) electrons. The Morgan fingerprint density at radius 2 is 2.46 bits per heavy atom. The number of hydrogen-bond acceptors (Lipinski definition) is 3. The van der Waals surface area contributed by atoms with E-state index in [9.17, 15) is 5.11 Å². The second-order valence-corrected chi connectivity index (χ2v) is 3.65. The Kier molecular flexibility index (Phi) is 2.06. The van der Waals surface area contributed by atoms with E-state index >= 15 is 0 Å². The third kappa shape index (κ3) is 1.45. The Labute approximate surface area is 77.8 Å². The van der Waals surface area contributed by atoms with Gasteiger partial charge in [-0.1, -0.05) is 0 Å². The summed E-state index contributed by atoms with van der Waals surface area (Å²) in [6, 6.07) is 1.94. The molecule has 0 saturated carbocycles. The summed E-state index contributed by atoms with van der Waals surface area (Å²) in [5, 5.41) is 13.4. The molecule has 1 aromatic rings. The standard InChI is InChI=1S/C10H14N2O/c1-8-2-4-11-6-9(8)10(13)3-5-12-7-10/h2,4,6,12-13H,3,5,7H2,1H3/t10-/m1/s1. The molecule has 70 valence electrons. The van der Waals surface area contributed by atoms with Gasteiger partial charge in [-0.25, -0.2) is 0 Å². The summed E-state index contributed by atoms with van der Waals surface area (Å²) in [5.41, 5.74) is 1.37. The molecular weight excluding hydrogens is 164 g/mol. The van der Waals surface area contributed by atoms with Gasteiger partial charge < -0.3 is 10.4 Å². The van der Waals surface area contributed by atoms with Crippen molar-refractivity contribution in [1.29, 1.82) is 0 Å². The molecular formula is C10H14N2O. The minimum absolute atomic E-state index is 0.638. The number of aliphatic hydroxyl groups is 1. The SMILES string of the molecule is Cc1ccncc1[C@@]1(O)CCNC1. The van der Waals surface area contributed by atoms with Crippen LogP contribution >= 0.6 is 0 Å². The van der Waals surface area contributed by atoms with E-state index in [-0.39, 0.29) is 0 Å². The molecule has 1 atom stereocenters. The number of β-amino-alcohol motifs (C(OH)–C–C–N with tert-alkyl or cyclic N) is 1. The van der Waals surface area contributed by atoms with Crippen molar-refractivity contribution in [3.63, 3.8) is 0 Å². The number of aryl methyl sites for hydroxylation is 1. The van der Waals surface area contributed by atoms with Gasteiger partial charge in [-0.05, 0) is 31.5 Å². The number of hydrogen-bond donors (Lipinski definition) is 2. The molecule has 0 amide bonds. The van der Waals surface area contributed by atoms with Gasteiger partial charge in [0, 0.05) is 24.5 Å². The lowest BCUT2D eigenvalue weighted by molar-refractivity contribution is 0.0577. The normalized spacial score (nSPS) is 27.8. The summed E-state index contributed by atoms with van der Waals surface area (Å²) in [7, 11) is 0. The van der Waals surface area contributed by atoms with Crippen LogP contribution in [0.25, 0.3) is 0 Å². The van der Waals surface area contributed by atoms with Crippen molar-refractivity contribution >= 4 is 0 Å². The second kappa shape index (κ2) is 3.09. The molecule has 2 N–H and O–H groups in total. The Morgan fingerprint density at radius 1 is 1.62 bits per heavy atom. The summed E-state index contributed by atoms with van der Waals surface area (Å²) in [5.74, 6) is 0. The van der Waals surface area contributed by atoms with E-state index < -0.39 is 5.60 Å². The van der Waals surface area contributed by atoms with Crippen molar-refractivity contribution in [3.05, 3.63) is 29.6 Å². The third-order valence-electron chi connectivity index (χ3n) is 2.67. The van der Waals surface area contributed by atoms with Crippen molar-refractivity contribution in [2.24, 2.45) is 0 Å². The Bertz CT molecular complexity index is 306. The van der Waals surface area contributed by atoms with Crippen LogP contribution < -0.4 is 5.32 Å². The average Bonchev–Trinajstić information content (AvgIpc) is 2.54. The van der Waals surface area contributed by atoms with E-state index in [0.717, 1.165) is 24.1 Å². The summed E-state index contributed by atoms with van der Waals surface area (Å²) in [6.45, 7) is 3.53. The maximum absolute atomic E-state index is 10.2. The lowest BCUT2D eigenvalue weighted by atomic mass is 9.91. The largest absolute Gasteiger partial charge is 0.384 e. The molecule has 13 heavy (non-hydrogen) atoms. The van der Waals surface area contributed by atoms with Crippen LogP contribution in [0.1, 0.15) is 17.5 Å². The maximum atomic E-state index is 10.2. The monoisotopic (exact) mass is 178 g/mol. The molecule has 1 aliphatic heterocycles. The summed E-state index contributed by atoms with van der Waals surface area (Å²) < 4.78 is 0. The smallest absolute Gasteiger partial charge is 0.105 e. The maximum Gasteiger partial charge on any atom is 0.105 e. The lowest BCUT2D eigenvalue weighted by Gasteiger charge is -2.23. The molecule has 3 heteroatoms. The quantitative estimate of drug-likeness (QED) is 0.661. The zero-order valence-electron chi connectivity index (χ0n) is 7.75. The van der Waals surface area contributed by atoms with Crippen LogP contribution in [-0.4, -0.2) is 23.2 Å². The summed E-state index contributed by atoms with van der Waals surface area (Å²) in [4.78, 5) is 4.05. The molecule has 0 aromatic carbocycles. The molecule has 0 spiro atoms. The zero-order chi connectivity index (χ0) is 9.31. The van der Waals surface area contributed by atoms with E-state index in [1.165, 1.54) is 0 Å². The van der Waals surface area contributed by atoms with E-state index in [1.807, 2.05) is 13.0 Å². The first kappa shape index (κ1) is 8.66. The van der Waals surface area contributed by atoms with Gasteiger partial charge >= 0.3 is 0 Å². The first-order chi connectivity index (χ1) is 6.22. The number of nitrogens with zero attached hydrogens (tertiary/aromatic N) is 1. The first-order valence-electron chi connectivity index (χ1n) is 4.56. The molecule has 3 nitrogen and oxygen atoms in total. The van der Waals surface area contributed by atoms with Crippen LogP contribution in [0.2, 0.25) is 0 Å². The first-order valence-corrected chi connectivity index (χ1v) is 4.56. The van der Waals surface area contributed by atoms with Crippen LogP contribution in [0, 0.1) is 6.92 Å². The zero-order valence-corrected chi connectivity index (χ0v) is 7.75. The molecule has 1 aliphatic rings. The molecule has 1 saturated heterocycles. The molecule has 0 unspecified atom stereocenters. The van der Waals surface area contributed by atoms with E-state index in [1.54, 1.807) is 12.4 Å². The predicted octanol–water partition coefficient (Wildman–Crippen LogP) is 0.571. The highest BCUT2D eigenvalue weighted by Crippen LogP contribution is 2.28. The lowest BCUT2D eigenvalue weighted by Crippen LogP contribution is -2.29. The van der Waals surface area contributed by atoms with Crippen LogP contribution in [0.15, 0.2) is 18.5 Å². The molecule has 2 heterocycles. The van der Waals surface area contributed by atoms with Crippen molar-refractivity contribution in [3.8, 4) is 0 Å². The molecule has 0 aliphatic carbocycles. The topological polar surface area (TPSA) is 45.2 Å². The number of pyridine rings is 1. The number of nitrogens with one attached hydrogen (secondary N) is 1. The van der Waals surface area contributed by atoms with Gasteiger partial charge in [0.05, 0.1) is 0 Å². The van der Waals surface area contributed by atoms with Crippen molar-refractivity contribution in [2.75, 3.05) is 13.1 Å². The fourth-order valence-electron chi connectivity index (χ4n) is 1.86. The molecule has 2 rings (SSSR count). The average molecular weight is 178 g/mol. The van der Waals surface area contributed by atoms with Crippen LogP contribution in [0.3, 0.4) is 0 Å². The van der Waals surface area contributed by atoms with Crippen LogP contribution in [0.5, 0.6) is 0 Å². The van der Waals surface area contributed by atoms with E-state index in [2.05, 4.69) is 10.3 Å². The fraction of sp³-hybridized carbons (Fsp3) is 0.500. The van der Waals surface area contributed by atoms with Gasteiger partial charge in [0.1, 0.15) is 5.60 Å². The molecule has 0 bridgehead atoms. The molecule has 1 aromatic heterocycles. The van der Waals surface area contributed by atoms with Crippen LogP contribution in [0.4, 0.5) is 0 Å². The van der Waals surface area contributed by atoms with Crippen molar-refractivity contribution in [2.45, 2.75) is 18.9 Å².